The Morgan fingerprint density at radius 3 is 2.15 bits per heavy atom. The van der Waals surface area contributed by atoms with Crippen molar-refractivity contribution in [1.29, 1.82) is 0 Å². The highest BCUT2D eigenvalue weighted by Gasteiger charge is 2.21. The van der Waals surface area contributed by atoms with E-state index in [0.29, 0.717) is 5.15 Å². The standard InChI is InChI=1S/C15H16Cl2N2S/c1-9-12(17)18-14(15(2,3)4)19-13(9)20-11-7-5-10(16)6-8-11/h5-8H,1-4H3. The van der Waals surface area contributed by atoms with Crippen LogP contribution in [0.5, 0.6) is 0 Å². The fraction of sp³-hybridized carbons (Fsp3) is 0.333. The Labute approximate surface area is 133 Å². The fourth-order valence-electron chi connectivity index (χ4n) is 1.52. The largest absolute Gasteiger partial charge is 0.225 e. The summed E-state index contributed by atoms with van der Waals surface area (Å²) in [5.74, 6) is 0.754. The van der Waals surface area contributed by atoms with E-state index in [1.54, 1.807) is 11.8 Å². The lowest BCUT2D eigenvalue weighted by atomic mass is 9.96. The van der Waals surface area contributed by atoms with Crippen molar-refractivity contribution >= 4 is 35.0 Å². The summed E-state index contributed by atoms with van der Waals surface area (Å²) in [7, 11) is 0. The van der Waals surface area contributed by atoms with Crippen molar-refractivity contribution in [1.82, 2.24) is 9.97 Å². The second kappa shape index (κ2) is 5.92. The third-order valence-electron chi connectivity index (χ3n) is 2.74. The molecule has 0 fully saturated rings. The van der Waals surface area contributed by atoms with Crippen molar-refractivity contribution in [2.45, 2.75) is 43.0 Å². The van der Waals surface area contributed by atoms with Gasteiger partial charge in [-0.2, -0.15) is 0 Å². The molecule has 0 radical (unpaired) electrons. The summed E-state index contributed by atoms with van der Waals surface area (Å²) in [5, 5.41) is 2.13. The Morgan fingerprint density at radius 1 is 1.00 bits per heavy atom. The molecule has 1 heterocycles. The summed E-state index contributed by atoms with van der Waals surface area (Å²) in [6.07, 6.45) is 0. The SMILES string of the molecule is Cc1c(Cl)nc(C(C)(C)C)nc1Sc1ccc(Cl)cc1. The summed E-state index contributed by atoms with van der Waals surface area (Å²) in [5.41, 5.74) is 0.770. The van der Waals surface area contributed by atoms with Crippen LogP contribution in [-0.4, -0.2) is 9.97 Å². The van der Waals surface area contributed by atoms with Crippen LogP contribution in [0, 0.1) is 6.92 Å². The zero-order chi connectivity index (χ0) is 14.9. The fourth-order valence-corrected chi connectivity index (χ4v) is 2.75. The van der Waals surface area contributed by atoms with Crippen molar-refractivity contribution < 1.29 is 0 Å². The van der Waals surface area contributed by atoms with Crippen LogP contribution in [-0.2, 0) is 5.41 Å². The highest BCUT2D eigenvalue weighted by molar-refractivity contribution is 7.99. The van der Waals surface area contributed by atoms with E-state index < -0.39 is 0 Å². The summed E-state index contributed by atoms with van der Waals surface area (Å²) in [6, 6.07) is 7.68. The molecular weight excluding hydrogens is 311 g/mol. The normalized spacial score (nSPS) is 11.7. The average Bonchev–Trinajstić information content (AvgIpc) is 2.36. The average molecular weight is 327 g/mol. The van der Waals surface area contributed by atoms with Gasteiger partial charge in [0, 0.05) is 20.9 Å². The van der Waals surface area contributed by atoms with Crippen molar-refractivity contribution in [2.75, 3.05) is 0 Å². The monoisotopic (exact) mass is 326 g/mol. The zero-order valence-corrected chi connectivity index (χ0v) is 14.2. The van der Waals surface area contributed by atoms with Crippen LogP contribution in [0.25, 0.3) is 0 Å². The Kier molecular flexibility index (Phi) is 4.62. The number of rotatable bonds is 2. The maximum atomic E-state index is 6.23. The smallest absolute Gasteiger partial charge is 0.136 e. The predicted molar refractivity (Wildman–Crippen MR) is 86.1 cm³/mol. The van der Waals surface area contributed by atoms with Crippen LogP contribution >= 0.6 is 35.0 Å². The molecule has 106 valence electrons. The quantitative estimate of drug-likeness (QED) is 0.677. The third-order valence-corrected chi connectivity index (χ3v) is 4.46. The van der Waals surface area contributed by atoms with Gasteiger partial charge in [-0.05, 0) is 31.2 Å². The molecule has 0 aliphatic carbocycles. The third kappa shape index (κ3) is 3.66. The first kappa shape index (κ1) is 15.6. The molecule has 2 nitrogen and oxygen atoms in total. The van der Waals surface area contributed by atoms with E-state index in [4.69, 9.17) is 23.2 Å². The van der Waals surface area contributed by atoms with Gasteiger partial charge in [0.2, 0.25) is 0 Å². The molecule has 0 atom stereocenters. The van der Waals surface area contributed by atoms with Crippen molar-refractivity contribution in [3.05, 3.63) is 45.8 Å². The van der Waals surface area contributed by atoms with Crippen LogP contribution in [0.4, 0.5) is 0 Å². The van der Waals surface area contributed by atoms with Gasteiger partial charge in [-0.1, -0.05) is 55.7 Å². The number of benzene rings is 1. The molecule has 5 heteroatoms. The predicted octanol–water partition coefficient (Wildman–Crippen LogP) is 5.54. The minimum Gasteiger partial charge on any atom is -0.225 e. The lowest BCUT2D eigenvalue weighted by Gasteiger charge is -2.18. The zero-order valence-electron chi connectivity index (χ0n) is 11.9. The Balaban J connectivity index is 2.40. The van der Waals surface area contributed by atoms with Crippen LogP contribution in [0.15, 0.2) is 34.2 Å². The van der Waals surface area contributed by atoms with Crippen LogP contribution in [0.3, 0.4) is 0 Å². The number of hydrogen-bond donors (Lipinski definition) is 0. The molecule has 0 spiro atoms. The Morgan fingerprint density at radius 2 is 1.60 bits per heavy atom. The molecule has 0 saturated carbocycles. The first-order valence-corrected chi connectivity index (χ1v) is 7.82. The highest BCUT2D eigenvalue weighted by atomic mass is 35.5. The highest BCUT2D eigenvalue weighted by Crippen LogP contribution is 2.33. The lowest BCUT2D eigenvalue weighted by Crippen LogP contribution is -2.17. The van der Waals surface area contributed by atoms with E-state index in [2.05, 4.69) is 30.7 Å². The summed E-state index contributed by atoms with van der Waals surface area (Å²) in [4.78, 5) is 10.1. The van der Waals surface area contributed by atoms with E-state index in [9.17, 15) is 0 Å². The number of hydrogen-bond acceptors (Lipinski definition) is 3. The first-order chi connectivity index (χ1) is 9.27. The van der Waals surface area contributed by atoms with E-state index in [0.717, 1.165) is 26.3 Å². The molecule has 2 rings (SSSR count). The van der Waals surface area contributed by atoms with E-state index >= 15 is 0 Å². The topological polar surface area (TPSA) is 25.8 Å². The number of nitrogens with zero attached hydrogens (tertiary/aromatic N) is 2. The molecule has 0 amide bonds. The van der Waals surface area contributed by atoms with Gasteiger partial charge in [0.05, 0.1) is 0 Å². The molecule has 20 heavy (non-hydrogen) atoms. The second-order valence-electron chi connectivity index (χ2n) is 5.57. The number of halogens is 2. The number of aromatic nitrogens is 2. The second-order valence-corrected chi connectivity index (χ2v) is 7.43. The minimum atomic E-state index is -0.132. The molecular formula is C15H16Cl2N2S. The molecule has 0 unspecified atom stereocenters. The van der Waals surface area contributed by atoms with Gasteiger partial charge >= 0.3 is 0 Å². The lowest BCUT2D eigenvalue weighted by molar-refractivity contribution is 0.537. The van der Waals surface area contributed by atoms with Crippen LogP contribution in [0.2, 0.25) is 10.2 Å². The molecule has 0 aliphatic rings. The van der Waals surface area contributed by atoms with Gasteiger partial charge < -0.3 is 0 Å². The van der Waals surface area contributed by atoms with Gasteiger partial charge in [-0.25, -0.2) is 9.97 Å². The Bertz CT molecular complexity index is 619. The maximum Gasteiger partial charge on any atom is 0.136 e. The van der Waals surface area contributed by atoms with Gasteiger partial charge in [0.1, 0.15) is 16.0 Å². The van der Waals surface area contributed by atoms with Gasteiger partial charge in [-0.15, -0.1) is 0 Å². The maximum absolute atomic E-state index is 6.23. The first-order valence-electron chi connectivity index (χ1n) is 6.25. The molecule has 1 aromatic carbocycles. The van der Waals surface area contributed by atoms with Crippen molar-refractivity contribution in [3.8, 4) is 0 Å². The van der Waals surface area contributed by atoms with E-state index in [1.807, 2.05) is 31.2 Å². The van der Waals surface area contributed by atoms with Crippen molar-refractivity contribution in [3.63, 3.8) is 0 Å². The molecule has 0 N–H and O–H groups in total. The van der Waals surface area contributed by atoms with Gasteiger partial charge in [0.15, 0.2) is 0 Å². The van der Waals surface area contributed by atoms with Crippen LogP contribution in [0.1, 0.15) is 32.2 Å². The van der Waals surface area contributed by atoms with Crippen LogP contribution < -0.4 is 0 Å². The summed E-state index contributed by atoms with van der Waals surface area (Å²) >= 11 is 13.7. The Hall–Kier alpha value is -0.770. The summed E-state index contributed by atoms with van der Waals surface area (Å²) in [6.45, 7) is 8.16. The molecule has 0 bridgehead atoms. The molecule has 1 aromatic heterocycles. The van der Waals surface area contributed by atoms with Crippen molar-refractivity contribution in [2.24, 2.45) is 0 Å². The minimum absolute atomic E-state index is 0.132. The molecule has 0 saturated heterocycles. The van der Waals surface area contributed by atoms with E-state index in [1.165, 1.54) is 0 Å². The summed E-state index contributed by atoms with van der Waals surface area (Å²) < 4.78 is 0. The van der Waals surface area contributed by atoms with Gasteiger partial charge in [-0.3, -0.25) is 0 Å². The molecule has 2 aromatic rings. The van der Waals surface area contributed by atoms with E-state index in [-0.39, 0.29) is 5.41 Å². The molecule has 0 aliphatic heterocycles. The van der Waals surface area contributed by atoms with Gasteiger partial charge in [0.25, 0.3) is 0 Å².